The molecule has 1 amide bonds. The molecule has 7 nitrogen and oxygen atoms in total. The van der Waals surface area contributed by atoms with Crippen LogP contribution in [0.15, 0.2) is 53.7 Å². The van der Waals surface area contributed by atoms with E-state index in [4.69, 9.17) is 0 Å². The number of benzene rings is 2. The number of halogens is 1. The van der Waals surface area contributed by atoms with Gasteiger partial charge in [0.1, 0.15) is 5.82 Å². The van der Waals surface area contributed by atoms with Gasteiger partial charge in [0, 0.05) is 53.4 Å². The Morgan fingerprint density at radius 1 is 1.15 bits per heavy atom. The molecule has 1 aromatic heterocycles. The summed E-state index contributed by atoms with van der Waals surface area (Å²) >= 11 is 0. The number of aliphatic imine (C=N–C) groups is 1. The summed E-state index contributed by atoms with van der Waals surface area (Å²) in [5, 5.41) is 6.38. The molecule has 0 atom stereocenters. The third kappa shape index (κ3) is 4.28. The summed E-state index contributed by atoms with van der Waals surface area (Å²) < 4.78 is 14.9. The van der Waals surface area contributed by atoms with E-state index < -0.39 is 5.82 Å². The lowest BCUT2D eigenvalue weighted by Crippen LogP contribution is -2.51. The molecule has 2 aromatic carbocycles. The van der Waals surface area contributed by atoms with E-state index in [0.717, 1.165) is 35.2 Å². The van der Waals surface area contributed by atoms with Crippen molar-refractivity contribution in [2.75, 3.05) is 25.5 Å². The van der Waals surface area contributed by atoms with Crippen LogP contribution in [0.5, 0.6) is 0 Å². The number of anilines is 2. The van der Waals surface area contributed by atoms with E-state index in [0.29, 0.717) is 31.3 Å². The molecule has 0 unspecified atom stereocenters. The number of nitrogens with one attached hydrogen (secondary N) is 2. The molecule has 0 aliphatic carbocycles. The van der Waals surface area contributed by atoms with Crippen LogP contribution in [0.4, 0.5) is 16.0 Å². The molecule has 34 heavy (non-hydrogen) atoms. The SMILES string of the molecule is CNC1(C)CCN(C(=O)c2ccc(Nc3ncc4c(n3)-c3ccccc3C=NC4)cc2F)CC1. The van der Waals surface area contributed by atoms with Crippen molar-refractivity contribution in [3.8, 4) is 11.3 Å². The molecule has 2 N–H and O–H groups in total. The molecule has 174 valence electrons. The number of carbonyl (C=O) groups is 1. The number of fused-ring (bicyclic) bond motifs is 3. The van der Waals surface area contributed by atoms with E-state index in [9.17, 15) is 9.18 Å². The average Bonchev–Trinajstić information content (AvgIpc) is 3.03. The summed E-state index contributed by atoms with van der Waals surface area (Å²) in [6.45, 7) is 3.85. The number of rotatable bonds is 4. The van der Waals surface area contributed by atoms with Gasteiger partial charge in [0.25, 0.3) is 5.91 Å². The van der Waals surface area contributed by atoms with E-state index in [1.54, 1.807) is 17.2 Å². The summed E-state index contributed by atoms with van der Waals surface area (Å²) in [4.78, 5) is 28.1. The number of piperidine rings is 1. The van der Waals surface area contributed by atoms with Crippen molar-refractivity contribution in [2.24, 2.45) is 4.99 Å². The zero-order valence-corrected chi connectivity index (χ0v) is 19.3. The minimum Gasteiger partial charge on any atom is -0.338 e. The summed E-state index contributed by atoms with van der Waals surface area (Å²) in [6, 6.07) is 12.5. The Labute approximate surface area is 198 Å². The van der Waals surface area contributed by atoms with Gasteiger partial charge in [0.2, 0.25) is 5.95 Å². The van der Waals surface area contributed by atoms with E-state index in [1.165, 1.54) is 12.1 Å². The van der Waals surface area contributed by atoms with Crippen LogP contribution in [0.25, 0.3) is 11.3 Å². The van der Waals surface area contributed by atoms with Gasteiger partial charge in [0.15, 0.2) is 0 Å². The molecule has 3 heterocycles. The fourth-order valence-electron chi connectivity index (χ4n) is 4.40. The van der Waals surface area contributed by atoms with Crippen LogP contribution in [-0.4, -0.2) is 52.7 Å². The Morgan fingerprint density at radius 3 is 2.71 bits per heavy atom. The first-order valence-electron chi connectivity index (χ1n) is 11.5. The zero-order valence-electron chi connectivity index (χ0n) is 19.3. The number of hydrogen-bond acceptors (Lipinski definition) is 6. The van der Waals surface area contributed by atoms with Crippen LogP contribution in [0.2, 0.25) is 0 Å². The van der Waals surface area contributed by atoms with Gasteiger partial charge in [-0.3, -0.25) is 9.79 Å². The van der Waals surface area contributed by atoms with Crippen molar-refractivity contribution >= 4 is 23.8 Å². The van der Waals surface area contributed by atoms with Gasteiger partial charge in [-0.05, 0) is 45.0 Å². The molecule has 5 rings (SSSR count). The molecule has 0 radical (unpaired) electrons. The van der Waals surface area contributed by atoms with Crippen LogP contribution in [0.3, 0.4) is 0 Å². The summed E-state index contributed by atoms with van der Waals surface area (Å²) in [5.74, 6) is -0.484. The number of amides is 1. The van der Waals surface area contributed by atoms with Crippen LogP contribution in [0.1, 0.15) is 41.3 Å². The van der Waals surface area contributed by atoms with Crippen LogP contribution >= 0.6 is 0 Å². The molecule has 8 heteroatoms. The fourth-order valence-corrected chi connectivity index (χ4v) is 4.40. The summed E-state index contributed by atoms with van der Waals surface area (Å²) in [7, 11) is 1.93. The van der Waals surface area contributed by atoms with Gasteiger partial charge in [-0.2, -0.15) is 0 Å². The normalized spacial score (nSPS) is 16.4. The number of carbonyl (C=O) groups excluding carboxylic acids is 1. The number of hydrogen-bond donors (Lipinski definition) is 2. The Balaban J connectivity index is 1.34. The van der Waals surface area contributed by atoms with Crippen LogP contribution in [0, 0.1) is 5.82 Å². The monoisotopic (exact) mass is 458 g/mol. The van der Waals surface area contributed by atoms with E-state index in [-0.39, 0.29) is 17.0 Å². The Hall–Kier alpha value is -3.65. The van der Waals surface area contributed by atoms with Crippen molar-refractivity contribution in [1.82, 2.24) is 20.2 Å². The highest BCUT2D eigenvalue weighted by molar-refractivity contribution is 5.95. The van der Waals surface area contributed by atoms with E-state index >= 15 is 0 Å². The highest BCUT2D eigenvalue weighted by atomic mass is 19.1. The highest BCUT2D eigenvalue weighted by Gasteiger charge is 2.31. The topological polar surface area (TPSA) is 82.5 Å². The summed E-state index contributed by atoms with van der Waals surface area (Å²) in [6.07, 6.45) is 5.26. The maximum Gasteiger partial charge on any atom is 0.256 e. The van der Waals surface area contributed by atoms with Gasteiger partial charge in [0.05, 0.1) is 17.8 Å². The molecule has 0 bridgehead atoms. The standard InChI is InChI=1S/C26H27FN6O/c1-26(28-2)9-11-33(12-10-26)24(34)21-8-7-19(13-22(21)27)31-25-30-16-18-15-29-14-17-5-3-4-6-20(17)23(18)32-25/h3-8,13-14,16,28H,9-12,15H2,1-2H3,(H,30,31,32). The first-order valence-corrected chi connectivity index (χ1v) is 11.5. The maximum atomic E-state index is 14.9. The smallest absolute Gasteiger partial charge is 0.256 e. The van der Waals surface area contributed by atoms with Gasteiger partial charge < -0.3 is 15.5 Å². The lowest BCUT2D eigenvalue weighted by atomic mass is 9.89. The van der Waals surface area contributed by atoms with Gasteiger partial charge >= 0.3 is 0 Å². The third-order valence-corrected chi connectivity index (χ3v) is 6.79. The van der Waals surface area contributed by atoms with Crippen LogP contribution < -0.4 is 10.6 Å². The van der Waals surface area contributed by atoms with Crippen LogP contribution in [-0.2, 0) is 6.54 Å². The van der Waals surface area contributed by atoms with Crippen molar-refractivity contribution in [2.45, 2.75) is 31.8 Å². The zero-order chi connectivity index (χ0) is 23.7. The van der Waals surface area contributed by atoms with Gasteiger partial charge in [-0.1, -0.05) is 24.3 Å². The maximum absolute atomic E-state index is 14.9. The lowest BCUT2D eigenvalue weighted by molar-refractivity contribution is 0.0657. The average molecular weight is 459 g/mol. The Morgan fingerprint density at radius 2 is 1.94 bits per heavy atom. The molecule has 0 spiro atoms. The second-order valence-corrected chi connectivity index (χ2v) is 9.05. The quantitative estimate of drug-likeness (QED) is 0.613. The molecular weight excluding hydrogens is 431 g/mol. The number of nitrogens with zero attached hydrogens (tertiary/aromatic N) is 4. The fraction of sp³-hybridized carbons (Fsp3) is 0.308. The lowest BCUT2D eigenvalue weighted by Gasteiger charge is -2.39. The third-order valence-electron chi connectivity index (χ3n) is 6.79. The largest absolute Gasteiger partial charge is 0.338 e. The number of likely N-dealkylation sites (tertiary alicyclic amines) is 1. The number of aromatic nitrogens is 2. The highest BCUT2D eigenvalue weighted by Crippen LogP contribution is 2.29. The predicted octanol–water partition coefficient (Wildman–Crippen LogP) is 4.17. The Bertz CT molecular complexity index is 1270. The second kappa shape index (κ2) is 8.95. The molecular formula is C26H27FN6O. The molecule has 0 saturated carbocycles. The van der Waals surface area contributed by atoms with Gasteiger partial charge in [-0.25, -0.2) is 14.4 Å². The first kappa shape index (κ1) is 22.2. The van der Waals surface area contributed by atoms with Crippen molar-refractivity contribution in [3.05, 3.63) is 71.2 Å². The van der Waals surface area contributed by atoms with Crippen molar-refractivity contribution < 1.29 is 9.18 Å². The van der Waals surface area contributed by atoms with E-state index in [1.807, 2.05) is 37.5 Å². The molecule has 3 aromatic rings. The van der Waals surface area contributed by atoms with Crippen molar-refractivity contribution in [3.63, 3.8) is 0 Å². The van der Waals surface area contributed by atoms with Crippen molar-refractivity contribution in [1.29, 1.82) is 0 Å². The van der Waals surface area contributed by atoms with Gasteiger partial charge in [-0.15, -0.1) is 0 Å². The first-order chi connectivity index (χ1) is 16.5. The minimum atomic E-state index is -0.564. The minimum absolute atomic E-state index is 0.0175. The van der Waals surface area contributed by atoms with E-state index in [2.05, 4.69) is 32.5 Å². The molecule has 1 fully saturated rings. The predicted molar refractivity (Wildman–Crippen MR) is 131 cm³/mol. The summed E-state index contributed by atoms with van der Waals surface area (Å²) in [5.41, 5.74) is 4.27. The molecule has 2 aliphatic rings. The second-order valence-electron chi connectivity index (χ2n) is 9.05. The Kier molecular flexibility index (Phi) is 5.83. The molecule has 1 saturated heterocycles. The molecule has 2 aliphatic heterocycles.